The number of hydrogen-bond acceptors (Lipinski definition) is 3. The highest BCUT2D eigenvalue weighted by Gasteiger charge is 2.11. The molecule has 0 N–H and O–H groups in total. The number of hydrazone groups is 1. The number of hydrogen-bond donors (Lipinski definition) is 0. The van der Waals surface area contributed by atoms with E-state index < -0.39 is 0 Å². The van der Waals surface area contributed by atoms with Crippen LogP contribution in [0.5, 0.6) is 0 Å². The van der Waals surface area contributed by atoms with Crippen molar-refractivity contribution in [3.8, 4) is 0 Å². The van der Waals surface area contributed by atoms with E-state index in [0.29, 0.717) is 6.73 Å². The summed E-state index contributed by atoms with van der Waals surface area (Å²) in [5.74, 6) is 0.787. The lowest BCUT2D eigenvalue weighted by Gasteiger charge is -2.00. The van der Waals surface area contributed by atoms with Gasteiger partial charge in [0, 0.05) is 11.5 Å². The van der Waals surface area contributed by atoms with Crippen LogP contribution in [0.25, 0.3) is 0 Å². The molecule has 2 rings (SSSR count). The predicted octanol–water partition coefficient (Wildman–Crippen LogP) is 2.22. The Hall–Kier alpha value is -1.03. The molecule has 1 aromatic rings. The summed E-state index contributed by atoms with van der Waals surface area (Å²) in [5, 5.41) is 6.01. The van der Waals surface area contributed by atoms with Gasteiger partial charge in [-0.25, -0.2) is 0 Å². The van der Waals surface area contributed by atoms with E-state index in [1.54, 1.807) is 5.01 Å². The van der Waals surface area contributed by atoms with Gasteiger partial charge in [0.2, 0.25) is 5.90 Å². The molecule has 0 bridgehead atoms. The molecule has 1 aliphatic heterocycles. The zero-order valence-corrected chi connectivity index (χ0v) is 9.49. The molecule has 0 saturated carbocycles. The molecule has 4 heteroatoms. The van der Waals surface area contributed by atoms with Crippen molar-refractivity contribution in [3.63, 3.8) is 0 Å². The van der Waals surface area contributed by atoms with Gasteiger partial charge in [0.15, 0.2) is 6.73 Å². The second-order valence-corrected chi connectivity index (χ2v) is 4.14. The first-order valence-electron chi connectivity index (χ1n) is 4.40. The SMILES string of the molecule is CN1COC(Cc2ccc(Br)cc2)=N1. The Morgan fingerprint density at radius 3 is 2.71 bits per heavy atom. The largest absolute Gasteiger partial charge is 0.457 e. The van der Waals surface area contributed by atoms with Crippen LogP contribution < -0.4 is 0 Å². The number of rotatable bonds is 2. The van der Waals surface area contributed by atoms with Gasteiger partial charge >= 0.3 is 0 Å². The highest BCUT2D eigenvalue weighted by Crippen LogP contribution is 2.12. The average molecular weight is 255 g/mol. The van der Waals surface area contributed by atoms with Crippen molar-refractivity contribution in [2.75, 3.05) is 13.8 Å². The number of nitrogens with zero attached hydrogens (tertiary/aromatic N) is 2. The third-order valence-electron chi connectivity index (χ3n) is 1.97. The first kappa shape index (κ1) is 9.52. The van der Waals surface area contributed by atoms with Crippen molar-refractivity contribution in [1.29, 1.82) is 0 Å². The Morgan fingerprint density at radius 2 is 2.14 bits per heavy atom. The molecule has 0 unspecified atom stereocenters. The highest BCUT2D eigenvalue weighted by molar-refractivity contribution is 9.10. The summed E-state index contributed by atoms with van der Waals surface area (Å²) >= 11 is 3.40. The molecule has 0 amide bonds. The molecule has 0 spiro atoms. The Balaban J connectivity index is 2.04. The summed E-state index contributed by atoms with van der Waals surface area (Å²) < 4.78 is 6.45. The van der Waals surface area contributed by atoms with E-state index in [2.05, 4.69) is 33.2 Å². The van der Waals surface area contributed by atoms with Gasteiger partial charge in [-0.05, 0) is 17.7 Å². The summed E-state index contributed by atoms with van der Waals surface area (Å²) in [6.07, 6.45) is 0.762. The minimum atomic E-state index is 0.561. The van der Waals surface area contributed by atoms with Crippen LogP contribution in [0.4, 0.5) is 0 Å². The van der Waals surface area contributed by atoms with E-state index in [1.807, 2.05) is 19.2 Å². The molecule has 0 aromatic heterocycles. The van der Waals surface area contributed by atoms with E-state index in [-0.39, 0.29) is 0 Å². The summed E-state index contributed by atoms with van der Waals surface area (Å²) in [7, 11) is 1.90. The normalized spacial score (nSPS) is 15.3. The van der Waals surface area contributed by atoms with Gasteiger partial charge in [-0.1, -0.05) is 28.1 Å². The van der Waals surface area contributed by atoms with Gasteiger partial charge in [-0.15, -0.1) is 5.10 Å². The molecule has 0 atom stereocenters. The lowest BCUT2D eigenvalue weighted by molar-refractivity contribution is 0.196. The monoisotopic (exact) mass is 254 g/mol. The van der Waals surface area contributed by atoms with Crippen molar-refractivity contribution in [2.45, 2.75) is 6.42 Å². The van der Waals surface area contributed by atoms with Crippen LogP contribution in [0, 0.1) is 0 Å². The second kappa shape index (κ2) is 4.00. The molecule has 74 valence electrons. The molecule has 3 nitrogen and oxygen atoms in total. The number of ether oxygens (including phenoxy) is 1. The molecule has 0 fully saturated rings. The van der Waals surface area contributed by atoms with Gasteiger partial charge in [-0.3, -0.25) is 5.01 Å². The lowest BCUT2D eigenvalue weighted by atomic mass is 10.1. The minimum Gasteiger partial charge on any atom is -0.457 e. The van der Waals surface area contributed by atoms with Crippen molar-refractivity contribution in [2.24, 2.45) is 5.10 Å². The van der Waals surface area contributed by atoms with E-state index in [1.165, 1.54) is 5.56 Å². The van der Waals surface area contributed by atoms with Crippen LogP contribution >= 0.6 is 15.9 Å². The predicted molar refractivity (Wildman–Crippen MR) is 59.0 cm³/mol. The van der Waals surface area contributed by atoms with Gasteiger partial charge < -0.3 is 4.74 Å². The standard InChI is InChI=1S/C10H11BrN2O/c1-13-7-14-10(12-13)6-8-2-4-9(11)5-3-8/h2-5H,6-7H2,1H3. The molecule has 1 aromatic carbocycles. The molecular formula is C10H11BrN2O. The average Bonchev–Trinajstić information content (AvgIpc) is 2.56. The maximum Gasteiger partial charge on any atom is 0.212 e. The number of benzene rings is 1. The number of halogens is 1. The zero-order valence-electron chi connectivity index (χ0n) is 7.90. The molecule has 1 aliphatic rings. The highest BCUT2D eigenvalue weighted by atomic mass is 79.9. The van der Waals surface area contributed by atoms with Crippen LogP contribution in [0.3, 0.4) is 0 Å². The molecular weight excluding hydrogens is 244 g/mol. The van der Waals surface area contributed by atoms with Crippen LogP contribution in [0.15, 0.2) is 33.8 Å². The molecule has 0 radical (unpaired) electrons. The zero-order chi connectivity index (χ0) is 9.97. The molecule has 14 heavy (non-hydrogen) atoms. The lowest BCUT2D eigenvalue weighted by Crippen LogP contribution is -2.06. The van der Waals surface area contributed by atoms with Crippen LogP contribution in [0.2, 0.25) is 0 Å². The van der Waals surface area contributed by atoms with Crippen LogP contribution in [-0.2, 0) is 11.2 Å². The van der Waals surface area contributed by atoms with E-state index in [0.717, 1.165) is 16.8 Å². The maximum absolute atomic E-state index is 5.36. The Bertz CT molecular complexity index is 348. The third kappa shape index (κ3) is 2.26. The summed E-state index contributed by atoms with van der Waals surface area (Å²) in [4.78, 5) is 0. The van der Waals surface area contributed by atoms with Gasteiger partial charge in [-0.2, -0.15) is 0 Å². The van der Waals surface area contributed by atoms with Gasteiger partial charge in [0.05, 0.1) is 6.42 Å². The van der Waals surface area contributed by atoms with Crippen LogP contribution in [0.1, 0.15) is 5.56 Å². The summed E-state index contributed by atoms with van der Waals surface area (Å²) in [5.41, 5.74) is 1.21. The topological polar surface area (TPSA) is 24.8 Å². The Morgan fingerprint density at radius 1 is 1.43 bits per heavy atom. The quantitative estimate of drug-likeness (QED) is 0.809. The Labute approximate surface area is 91.5 Å². The molecule has 1 heterocycles. The van der Waals surface area contributed by atoms with Crippen molar-refractivity contribution in [1.82, 2.24) is 5.01 Å². The first-order valence-corrected chi connectivity index (χ1v) is 5.19. The summed E-state index contributed by atoms with van der Waals surface area (Å²) in [6, 6.07) is 8.17. The molecule has 0 saturated heterocycles. The fraction of sp³-hybridized carbons (Fsp3) is 0.300. The van der Waals surface area contributed by atoms with Crippen molar-refractivity contribution < 1.29 is 4.74 Å². The second-order valence-electron chi connectivity index (χ2n) is 3.23. The van der Waals surface area contributed by atoms with E-state index in [4.69, 9.17) is 4.74 Å². The first-order chi connectivity index (χ1) is 6.74. The fourth-order valence-electron chi connectivity index (χ4n) is 1.28. The van der Waals surface area contributed by atoms with E-state index in [9.17, 15) is 0 Å². The van der Waals surface area contributed by atoms with Gasteiger partial charge in [0.25, 0.3) is 0 Å². The smallest absolute Gasteiger partial charge is 0.212 e. The maximum atomic E-state index is 5.36. The minimum absolute atomic E-state index is 0.561. The van der Waals surface area contributed by atoms with Crippen molar-refractivity contribution in [3.05, 3.63) is 34.3 Å². The van der Waals surface area contributed by atoms with Crippen molar-refractivity contribution >= 4 is 21.8 Å². The van der Waals surface area contributed by atoms with Gasteiger partial charge in [0.1, 0.15) is 0 Å². The third-order valence-corrected chi connectivity index (χ3v) is 2.50. The summed E-state index contributed by atoms with van der Waals surface area (Å²) in [6.45, 7) is 0.561. The fourth-order valence-corrected chi connectivity index (χ4v) is 1.54. The van der Waals surface area contributed by atoms with E-state index >= 15 is 0 Å². The Kier molecular flexibility index (Phi) is 2.72. The van der Waals surface area contributed by atoms with Crippen LogP contribution in [-0.4, -0.2) is 24.7 Å². The molecule has 0 aliphatic carbocycles.